The summed E-state index contributed by atoms with van der Waals surface area (Å²) in [5.41, 5.74) is -0.416. The monoisotopic (exact) mass is 349 g/mol. The van der Waals surface area contributed by atoms with Gasteiger partial charge in [-0.25, -0.2) is 4.39 Å². The fourth-order valence-corrected chi connectivity index (χ4v) is 2.30. The lowest BCUT2D eigenvalue weighted by Crippen LogP contribution is -2.43. The van der Waals surface area contributed by atoms with Crippen molar-refractivity contribution in [3.63, 3.8) is 0 Å². The number of benzene rings is 1. The molecule has 1 heterocycles. The largest absolute Gasteiger partial charge is 0.346 e. The van der Waals surface area contributed by atoms with Crippen LogP contribution in [0.3, 0.4) is 0 Å². The molecule has 0 bridgehead atoms. The van der Waals surface area contributed by atoms with Gasteiger partial charge in [-0.05, 0) is 38.1 Å². The molecule has 0 aliphatic rings. The highest BCUT2D eigenvalue weighted by atomic mass is 35.5. The summed E-state index contributed by atoms with van der Waals surface area (Å²) in [6.07, 6.45) is 3.08. The van der Waals surface area contributed by atoms with Gasteiger partial charge in [-0.3, -0.25) is 14.6 Å². The van der Waals surface area contributed by atoms with E-state index < -0.39 is 23.0 Å². The number of carbonyl (C=O) groups is 2. The Kier molecular flexibility index (Phi) is 5.51. The number of carbonyl (C=O) groups excluding carboxylic acids is 2. The normalized spacial score (nSPS) is 11.0. The molecule has 0 spiro atoms. The molecule has 24 heavy (non-hydrogen) atoms. The molecule has 2 N–H and O–H groups in total. The van der Waals surface area contributed by atoms with Crippen molar-refractivity contribution in [2.24, 2.45) is 0 Å². The van der Waals surface area contributed by atoms with Crippen molar-refractivity contribution in [1.82, 2.24) is 10.3 Å². The molecule has 0 saturated heterocycles. The first-order chi connectivity index (χ1) is 11.3. The highest BCUT2D eigenvalue weighted by Gasteiger charge is 2.32. The first-order valence-electron chi connectivity index (χ1n) is 7.24. The van der Waals surface area contributed by atoms with Crippen molar-refractivity contribution in [1.29, 1.82) is 0 Å². The van der Waals surface area contributed by atoms with Crippen LogP contribution in [0.25, 0.3) is 0 Å². The van der Waals surface area contributed by atoms with E-state index in [2.05, 4.69) is 15.6 Å². The third-order valence-electron chi connectivity index (χ3n) is 3.53. The molecule has 0 saturated carbocycles. The van der Waals surface area contributed by atoms with Crippen molar-refractivity contribution in [2.75, 3.05) is 11.9 Å². The van der Waals surface area contributed by atoms with Crippen LogP contribution in [0.5, 0.6) is 0 Å². The number of hydrogen-bond acceptors (Lipinski definition) is 3. The van der Waals surface area contributed by atoms with Gasteiger partial charge < -0.3 is 10.6 Å². The Bertz CT molecular complexity index is 751. The van der Waals surface area contributed by atoms with Gasteiger partial charge in [0.1, 0.15) is 5.82 Å². The molecule has 7 heteroatoms. The summed E-state index contributed by atoms with van der Waals surface area (Å²) in [6, 6.07) is 7.50. The van der Waals surface area contributed by atoms with Crippen LogP contribution in [0.4, 0.5) is 10.1 Å². The van der Waals surface area contributed by atoms with Crippen LogP contribution < -0.4 is 10.6 Å². The van der Waals surface area contributed by atoms with Gasteiger partial charge in [0.25, 0.3) is 0 Å². The molecule has 0 radical (unpaired) electrons. The van der Waals surface area contributed by atoms with E-state index in [0.29, 0.717) is 5.69 Å². The summed E-state index contributed by atoms with van der Waals surface area (Å²) in [4.78, 5) is 28.1. The zero-order valence-corrected chi connectivity index (χ0v) is 14.0. The summed E-state index contributed by atoms with van der Waals surface area (Å²) in [6.45, 7) is 2.92. The van der Waals surface area contributed by atoms with Crippen molar-refractivity contribution in [2.45, 2.75) is 19.3 Å². The zero-order valence-electron chi connectivity index (χ0n) is 13.3. The highest BCUT2D eigenvalue weighted by Crippen LogP contribution is 2.27. The standard InChI is InChI=1S/C17H17ClFN3O2/c1-17(2,13-6-5-11(18)8-14(13)19)16(24)21-10-15(23)22-12-4-3-7-20-9-12/h3-9H,10H2,1-2H3,(H,21,24)(H,22,23). The van der Waals surface area contributed by atoms with Crippen molar-refractivity contribution >= 4 is 29.1 Å². The number of hydrogen-bond donors (Lipinski definition) is 2. The molecule has 2 amide bonds. The van der Waals surface area contributed by atoms with Crippen LogP contribution >= 0.6 is 11.6 Å². The van der Waals surface area contributed by atoms with Crippen LogP contribution in [0.2, 0.25) is 5.02 Å². The van der Waals surface area contributed by atoms with Crippen molar-refractivity contribution in [3.05, 3.63) is 59.1 Å². The Morgan fingerprint density at radius 3 is 2.67 bits per heavy atom. The van der Waals surface area contributed by atoms with E-state index >= 15 is 0 Å². The Morgan fingerprint density at radius 2 is 2.04 bits per heavy atom. The summed E-state index contributed by atoms with van der Waals surface area (Å²) in [5.74, 6) is -1.43. The predicted octanol–water partition coefficient (Wildman–Crippen LogP) is 2.91. The fraction of sp³-hybridized carbons (Fsp3) is 0.235. The number of amides is 2. The third-order valence-corrected chi connectivity index (χ3v) is 3.76. The SMILES string of the molecule is CC(C)(C(=O)NCC(=O)Nc1cccnc1)c1ccc(Cl)cc1F. The first-order valence-corrected chi connectivity index (χ1v) is 7.62. The van der Waals surface area contributed by atoms with E-state index in [1.54, 1.807) is 32.2 Å². The molecule has 1 aromatic heterocycles. The Morgan fingerprint density at radius 1 is 1.29 bits per heavy atom. The van der Waals surface area contributed by atoms with Crippen LogP contribution in [0.1, 0.15) is 19.4 Å². The first kappa shape index (κ1) is 17.9. The molecule has 2 aromatic rings. The van der Waals surface area contributed by atoms with Crippen LogP contribution in [-0.2, 0) is 15.0 Å². The van der Waals surface area contributed by atoms with Gasteiger partial charge in [-0.2, -0.15) is 0 Å². The second-order valence-corrected chi connectivity index (χ2v) is 6.16. The molecule has 0 aliphatic carbocycles. The molecule has 0 atom stereocenters. The van der Waals surface area contributed by atoms with Crippen LogP contribution in [0, 0.1) is 5.82 Å². The number of aromatic nitrogens is 1. The maximum Gasteiger partial charge on any atom is 0.243 e. The van der Waals surface area contributed by atoms with Gasteiger partial charge in [-0.1, -0.05) is 17.7 Å². The lowest BCUT2D eigenvalue weighted by Gasteiger charge is -2.24. The molecule has 2 rings (SSSR count). The summed E-state index contributed by atoms with van der Waals surface area (Å²) in [7, 11) is 0. The molecular weight excluding hydrogens is 333 g/mol. The van der Waals surface area contributed by atoms with E-state index in [1.807, 2.05) is 0 Å². The van der Waals surface area contributed by atoms with Gasteiger partial charge in [0.05, 0.1) is 23.8 Å². The van der Waals surface area contributed by atoms with E-state index in [1.165, 1.54) is 18.3 Å². The number of pyridine rings is 1. The minimum absolute atomic E-state index is 0.206. The van der Waals surface area contributed by atoms with Gasteiger partial charge in [0.2, 0.25) is 11.8 Å². The smallest absolute Gasteiger partial charge is 0.243 e. The summed E-state index contributed by atoms with van der Waals surface area (Å²) < 4.78 is 14.0. The van der Waals surface area contributed by atoms with Gasteiger partial charge in [0.15, 0.2) is 0 Å². The molecule has 0 unspecified atom stereocenters. The Hall–Kier alpha value is -2.47. The molecule has 5 nitrogen and oxygen atoms in total. The predicted molar refractivity (Wildman–Crippen MR) is 90.3 cm³/mol. The average molecular weight is 350 g/mol. The molecule has 1 aromatic carbocycles. The maximum atomic E-state index is 14.0. The van der Waals surface area contributed by atoms with Gasteiger partial charge in [-0.15, -0.1) is 0 Å². The van der Waals surface area contributed by atoms with Crippen LogP contribution in [0.15, 0.2) is 42.7 Å². The highest BCUT2D eigenvalue weighted by molar-refractivity contribution is 6.30. The third kappa shape index (κ3) is 4.29. The van der Waals surface area contributed by atoms with E-state index in [4.69, 9.17) is 11.6 Å². The second-order valence-electron chi connectivity index (χ2n) is 5.72. The second kappa shape index (κ2) is 7.40. The molecule has 126 valence electrons. The number of anilines is 1. The minimum atomic E-state index is -1.15. The lowest BCUT2D eigenvalue weighted by atomic mass is 9.83. The van der Waals surface area contributed by atoms with Gasteiger partial charge in [0, 0.05) is 16.8 Å². The zero-order chi connectivity index (χ0) is 17.7. The molecule has 0 aliphatic heterocycles. The minimum Gasteiger partial charge on any atom is -0.346 e. The molecule has 0 fully saturated rings. The molecular formula is C17H17ClFN3O2. The summed E-state index contributed by atoms with van der Waals surface area (Å²) >= 11 is 5.73. The Labute approximate surface area is 144 Å². The van der Waals surface area contributed by atoms with Crippen LogP contribution in [-0.4, -0.2) is 23.3 Å². The fourth-order valence-electron chi connectivity index (χ4n) is 2.14. The van der Waals surface area contributed by atoms with E-state index in [-0.39, 0.29) is 17.1 Å². The van der Waals surface area contributed by atoms with E-state index in [0.717, 1.165) is 6.07 Å². The summed E-state index contributed by atoms with van der Waals surface area (Å²) in [5, 5.41) is 5.36. The number of rotatable bonds is 5. The van der Waals surface area contributed by atoms with Crippen molar-refractivity contribution in [3.8, 4) is 0 Å². The topological polar surface area (TPSA) is 71.1 Å². The number of nitrogens with one attached hydrogen (secondary N) is 2. The quantitative estimate of drug-likeness (QED) is 0.871. The lowest BCUT2D eigenvalue weighted by molar-refractivity contribution is -0.127. The van der Waals surface area contributed by atoms with Gasteiger partial charge >= 0.3 is 0 Å². The number of nitrogens with zero attached hydrogens (tertiary/aromatic N) is 1. The maximum absolute atomic E-state index is 14.0. The van der Waals surface area contributed by atoms with E-state index in [9.17, 15) is 14.0 Å². The average Bonchev–Trinajstić information content (AvgIpc) is 2.53. The Balaban J connectivity index is 1.99. The number of halogens is 2. The van der Waals surface area contributed by atoms with Crippen molar-refractivity contribution < 1.29 is 14.0 Å².